The molecule has 69 heavy (non-hydrogen) atoms. The summed E-state index contributed by atoms with van der Waals surface area (Å²) in [6, 6.07) is 81.9. The molecule has 0 heterocycles. The zero-order valence-electron chi connectivity index (χ0n) is 40.4. The van der Waals surface area contributed by atoms with Gasteiger partial charge in [-0.15, -0.1) is 0 Å². The fraction of sp³-hybridized carbons (Fsp3) is 0.164. The summed E-state index contributed by atoms with van der Waals surface area (Å²) in [6.45, 7) is 12.0. The van der Waals surface area contributed by atoms with Crippen molar-refractivity contribution < 1.29 is 0 Å². The van der Waals surface area contributed by atoms with Crippen LogP contribution in [0, 0.1) is 6.92 Å². The van der Waals surface area contributed by atoms with Crippen LogP contribution in [-0.2, 0) is 11.0 Å². The van der Waals surface area contributed by atoms with Crippen LogP contribution in [0.3, 0.4) is 0 Å². The standard InChI is InChI=1S/C67H58N2/c1-6-18-65(68(56-37-31-48-23-14-16-25-52(48)40-56)54-33-27-50(28-34-54)46-19-10-8-11-20-46)58-42-61-59(39-45(58)3)60-43-63-64(44-62(60)66(61,4)5)67(63,7-2)69(57-38-32-49-24-15-17-26-53(49)41-57)55-35-29-51(30-36-55)47-21-12-9-13-22-47/h8-17,19-44,65H,6-7,18H2,1-5H3. The Morgan fingerprint density at radius 3 is 1.45 bits per heavy atom. The Kier molecular flexibility index (Phi) is 10.4. The first-order valence-corrected chi connectivity index (χ1v) is 25.0. The fourth-order valence-corrected chi connectivity index (χ4v) is 12.0. The van der Waals surface area contributed by atoms with Crippen molar-refractivity contribution in [1.82, 2.24) is 0 Å². The van der Waals surface area contributed by atoms with Gasteiger partial charge in [0.2, 0.25) is 0 Å². The van der Waals surface area contributed by atoms with Gasteiger partial charge in [0.05, 0.1) is 11.6 Å². The Labute approximate surface area is 408 Å². The minimum absolute atomic E-state index is 0.124. The van der Waals surface area contributed by atoms with Crippen LogP contribution in [0.4, 0.5) is 22.7 Å². The number of rotatable bonds is 12. The van der Waals surface area contributed by atoms with E-state index in [4.69, 9.17) is 0 Å². The van der Waals surface area contributed by atoms with E-state index < -0.39 is 0 Å². The molecule has 2 aliphatic rings. The summed E-state index contributed by atoms with van der Waals surface area (Å²) >= 11 is 0. The van der Waals surface area contributed by atoms with Crippen LogP contribution in [0.15, 0.2) is 218 Å². The Bertz CT molecular complexity index is 3530. The summed E-state index contributed by atoms with van der Waals surface area (Å²) < 4.78 is 0. The molecule has 2 atom stereocenters. The van der Waals surface area contributed by atoms with Gasteiger partial charge in [-0.1, -0.05) is 198 Å². The van der Waals surface area contributed by atoms with Crippen molar-refractivity contribution in [2.45, 2.75) is 70.9 Å². The minimum atomic E-state index is -0.269. The van der Waals surface area contributed by atoms with E-state index in [1.54, 1.807) is 0 Å². The molecule has 2 nitrogen and oxygen atoms in total. The third-order valence-corrected chi connectivity index (χ3v) is 15.6. The summed E-state index contributed by atoms with van der Waals surface area (Å²) in [5.74, 6) is 0. The molecule has 0 saturated carbocycles. The highest BCUT2D eigenvalue weighted by molar-refractivity contribution is 5.92. The van der Waals surface area contributed by atoms with Gasteiger partial charge in [-0.05, 0) is 163 Å². The first-order chi connectivity index (χ1) is 33.8. The molecule has 0 aromatic heterocycles. The van der Waals surface area contributed by atoms with Gasteiger partial charge < -0.3 is 9.80 Å². The Balaban J connectivity index is 0.964. The van der Waals surface area contributed by atoms with E-state index in [1.165, 1.54) is 111 Å². The minimum Gasteiger partial charge on any atom is -0.334 e. The van der Waals surface area contributed by atoms with Crippen molar-refractivity contribution in [3.8, 4) is 33.4 Å². The lowest BCUT2D eigenvalue weighted by Gasteiger charge is -2.36. The summed E-state index contributed by atoms with van der Waals surface area (Å²) in [5, 5.41) is 5.03. The number of anilines is 4. The number of benzene rings is 10. The molecule has 0 fully saturated rings. The van der Waals surface area contributed by atoms with Crippen LogP contribution in [0.5, 0.6) is 0 Å². The molecule has 12 rings (SSSR count). The molecule has 336 valence electrons. The van der Waals surface area contributed by atoms with Crippen LogP contribution in [0.2, 0.25) is 0 Å². The zero-order chi connectivity index (χ0) is 46.9. The van der Waals surface area contributed by atoms with Crippen molar-refractivity contribution in [2.24, 2.45) is 0 Å². The van der Waals surface area contributed by atoms with Gasteiger partial charge in [-0.3, -0.25) is 0 Å². The van der Waals surface area contributed by atoms with Gasteiger partial charge in [-0.25, -0.2) is 0 Å². The summed E-state index contributed by atoms with van der Waals surface area (Å²) in [5.41, 5.74) is 20.5. The van der Waals surface area contributed by atoms with Gasteiger partial charge in [0.25, 0.3) is 0 Å². The molecule has 2 heteroatoms. The predicted octanol–water partition coefficient (Wildman–Crippen LogP) is 18.4. The average molecular weight is 891 g/mol. The maximum atomic E-state index is 2.64. The first-order valence-electron chi connectivity index (χ1n) is 25.0. The highest BCUT2D eigenvalue weighted by atomic mass is 15.2. The Morgan fingerprint density at radius 2 is 0.870 bits per heavy atom. The van der Waals surface area contributed by atoms with Gasteiger partial charge >= 0.3 is 0 Å². The predicted molar refractivity (Wildman–Crippen MR) is 293 cm³/mol. The molecule has 0 spiro atoms. The quantitative estimate of drug-likeness (QED) is 0.121. The molecule has 0 aliphatic heterocycles. The van der Waals surface area contributed by atoms with E-state index in [0.717, 1.165) is 19.3 Å². The molecule has 2 unspecified atom stereocenters. The lowest BCUT2D eigenvalue weighted by Crippen LogP contribution is -2.32. The summed E-state index contributed by atoms with van der Waals surface area (Å²) in [6.07, 6.45) is 3.04. The Morgan fingerprint density at radius 1 is 0.406 bits per heavy atom. The van der Waals surface area contributed by atoms with Crippen molar-refractivity contribution in [1.29, 1.82) is 0 Å². The van der Waals surface area contributed by atoms with E-state index in [2.05, 4.69) is 263 Å². The molecule has 0 saturated heterocycles. The number of nitrogens with zero attached hydrogens (tertiary/aromatic N) is 2. The zero-order valence-corrected chi connectivity index (χ0v) is 40.4. The van der Waals surface area contributed by atoms with Gasteiger partial charge in [-0.2, -0.15) is 0 Å². The van der Waals surface area contributed by atoms with Crippen LogP contribution in [-0.4, -0.2) is 0 Å². The van der Waals surface area contributed by atoms with Gasteiger partial charge in [0, 0.05) is 28.2 Å². The van der Waals surface area contributed by atoms with Crippen LogP contribution in [0.1, 0.15) is 86.4 Å². The van der Waals surface area contributed by atoms with Crippen molar-refractivity contribution >= 4 is 44.3 Å². The van der Waals surface area contributed by atoms with E-state index in [-0.39, 0.29) is 17.0 Å². The number of hydrogen-bond donors (Lipinski definition) is 0. The molecular weight excluding hydrogens is 833 g/mol. The van der Waals surface area contributed by atoms with E-state index in [1.807, 2.05) is 0 Å². The van der Waals surface area contributed by atoms with E-state index >= 15 is 0 Å². The topological polar surface area (TPSA) is 6.48 Å². The van der Waals surface area contributed by atoms with Crippen LogP contribution < -0.4 is 9.80 Å². The Hall–Kier alpha value is -7.68. The molecule has 2 aliphatic carbocycles. The lowest BCUT2D eigenvalue weighted by molar-refractivity contribution is 0.606. The first kappa shape index (κ1) is 42.7. The highest BCUT2D eigenvalue weighted by Crippen LogP contribution is 2.63. The van der Waals surface area contributed by atoms with Crippen molar-refractivity contribution in [3.05, 3.63) is 252 Å². The molecule has 0 bridgehead atoms. The second-order valence-corrected chi connectivity index (χ2v) is 19.9. The monoisotopic (exact) mass is 890 g/mol. The SMILES string of the molecule is CCCC(c1cc2c(cc1C)-c1cc3c(cc1C2(C)C)C3(CC)N(c1ccc(-c2ccccc2)cc1)c1ccc2ccccc2c1)N(c1ccc(-c2ccccc2)cc1)c1ccc2ccccc2c1. The van der Waals surface area contributed by atoms with E-state index in [0.29, 0.717) is 0 Å². The van der Waals surface area contributed by atoms with Crippen molar-refractivity contribution in [3.63, 3.8) is 0 Å². The van der Waals surface area contributed by atoms with Crippen LogP contribution >= 0.6 is 0 Å². The maximum absolute atomic E-state index is 2.64. The largest absolute Gasteiger partial charge is 0.334 e. The second kappa shape index (κ2) is 16.8. The fourth-order valence-electron chi connectivity index (χ4n) is 12.0. The third-order valence-electron chi connectivity index (χ3n) is 15.6. The molecule has 10 aromatic rings. The average Bonchev–Trinajstić information content (AvgIpc) is 3.98. The molecule has 0 radical (unpaired) electrons. The maximum Gasteiger partial charge on any atom is 0.0960 e. The summed E-state index contributed by atoms with van der Waals surface area (Å²) in [4.78, 5) is 5.26. The highest BCUT2D eigenvalue weighted by Gasteiger charge is 2.56. The normalized spacial score (nSPS) is 15.6. The van der Waals surface area contributed by atoms with E-state index in [9.17, 15) is 0 Å². The molecular formula is C67H58N2. The number of aryl methyl sites for hydroxylation is 1. The molecule has 10 aromatic carbocycles. The summed E-state index contributed by atoms with van der Waals surface area (Å²) in [7, 11) is 0. The molecule has 0 amide bonds. The van der Waals surface area contributed by atoms with Crippen LogP contribution in [0.25, 0.3) is 54.9 Å². The van der Waals surface area contributed by atoms with Crippen molar-refractivity contribution in [2.75, 3.05) is 9.80 Å². The lowest BCUT2D eigenvalue weighted by atomic mass is 9.80. The number of fused-ring (bicyclic) bond motifs is 6. The third kappa shape index (κ3) is 7.07. The van der Waals surface area contributed by atoms with Gasteiger partial charge in [0.1, 0.15) is 0 Å². The number of hydrogen-bond acceptors (Lipinski definition) is 2. The molecule has 0 N–H and O–H groups in total. The smallest absolute Gasteiger partial charge is 0.0960 e. The van der Waals surface area contributed by atoms with Gasteiger partial charge in [0.15, 0.2) is 0 Å². The second-order valence-electron chi connectivity index (χ2n) is 19.9.